The molecule has 0 radical (unpaired) electrons. The van der Waals surface area contributed by atoms with Gasteiger partial charge in [-0.1, -0.05) is 0 Å². The molecule has 2 aromatic heterocycles. The van der Waals surface area contributed by atoms with Gasteiger partial charge >= 0.3 is 0 Å². The maximum absolute atomic E-state index is 5.76. The zero-order chi connectivity index (χ0) is 12.8. The number of fused-ring (bicyclic) bond motifs is 2. The van der Waals surface area contributed by atoms with Crippen molar-refractivity contribution in [3.8, 4) is 0 Å². The predicted molar refractivity (Wildman–Crippen MR) is 78.5 cm³/mol. The zero-order valence-corrected chi connectivity index (χ0v) is 12.3. The Balaban J connectivity index is 1.70. The van der Waals surface area contributed by atoms with Crippen LogP contribution in [0.5, 0.6) is 0 Å². The van der Waals surface area contributed by atoms with Crippen LogP contribution in [0.15, 0.2) is 27.4 Å². The first-order chi connectivity index (χ1) is 9.31. The van der Waals surface area contributed by atoms with Crippen molar-refractivity contribution in [2.45, 2.75) is 18.9 Å². The Bertz CT molecular complexity index is 612. The monoisotopic (exact) mass is 321 g/mol. The Kier molecular flexibility index (Phi) is 2.77. The Morgan fingerprint density at radius 1 is 1.32 bits per heavy atom. The van der Waals surface area contributed by atoms with Crippen molar-refractivity contribution < 1.29 is 4.42 Å². The molecule has 4 rings (SSSR count). The van der Waals surface area contributed by atoms with Crippen LogP contribution in [0.2, 0.25) is 0 Å². The van der Waals surface area contributed by atoms with Crippen LogP contribution in [0, 0.1) is 0 Å². The second-order valence-corrected chi connectivity index (χ2v) is 6.16. The van der Waals surface area contributed by atoms with Crippen molar-refractivity contribution in [2.24, 2.45) is 0 Å². The quantitative estimate of drug-likeness (QED) is 0.808. The van der Waals surface area contributed by atoms with Gasteiger partial charge in [-0.05, 0) is 47.4 Å². The molecule has 0 bridgehead atoms. The van der Waals surface area contributed by atoms with Gasteiger partial charge in [-0.25, -0.2) is 4.98 Å². The third-order valence-corrected chi connectivity index (χ3v) is 4.66. The van der Waals surface area contributed by atoms with Crippen molar-refractivity contribution in [1.29, 1.82) is 0 Å². The van der Waals surface area contributed by atoms with E-state index < -0.39 is 0 Å². The lowest BCUT2D eigenvalue weighted by atomic mass is 10.1. The summed E-state index contributed by atoms with van der Waals surface area (Å²) in [7, 11) is 0. The minimum absolute atomic E-state index is 0.698. The van der Waals surface area contributed by atoms with Crippen LogP contribution in [0.4, 0.5) is 5.82 Å². The maximum Gasteiger partial charge on any atom is 0.178 e. The van der Waals surface area contributed by atoms with Gasteiger partial charge in [-0.2, -0.15) is 0 Å². The summed E-state index contributed by atoms with van der Waals surface area (Å²) in [5, 5.41) is 1.12. The molecule has 100 valence electrons. The number of nitrogens with zero attached hydrogens (tertiary/aromatic N) is 3. The van der Waals surface area contributed by atoms with Gasteiger partial charge in [0.2, 0.25) is 0 Å². The van der Waals surface area contributed by atoms with Crippen molar-refractivity contribution in [3.63, 3.8) is 0 Å². The fourth-order valence-electron chi connectivity index (χ4n) is 3.33. The summed E-state index contributed by atoms with van der Waals surface area (Å²) in [6.07, 6.45) is 4.53. The van der Waals surface area contributed by atoms with Crippen LogP contribution in [0.25, 0.3) is 11.0 Å². The number of furan rings is 1. The standard InChI is InChI=1S/C14H16BrN3O/c15-12-8-10-3-4-16-14(13(10)19-12)18-7-6-17-5-1-2-11(17)9-18/h3-4,8,11H,1-2,5-7,9H2. The van der Waals surface area contributed by atoms with Gasteiger partial charge in [0.05, 0.1) is 0 Å². The molecule has 2 aliphatic rings. The summed E-state index contributed by atoms with van der Waals surface area (Å²) in [4.78, 5) is 9.54. The number of piperazine rings is 1. The van der Waals surface area contributed by atoms with E-state index in [1.54, 1.807) is 0 Å². The van der Waals surface area contributed by atoms with E-state index in [0.717, 1.165) is 41.1 Å². The molecule has 1 atom stereocenters. The predicted octanol–water partition coefficient (Wildman–Crippen LogP) is 2.87. The molecule has 2 aromatic rings. The van der Waals surface area contributed by atoms with Gasteiger partial charge in [-0.15, -0.1) is 0 Å². The van der Waals surface area contributed by atoms with Crippen LogP contribution < -0.4 is 4.90 Å². The van der Waals surface area contributed by atoms with E-state index in [9.17, 15) is 0 Å². The van der Waals surface area contributed by atoms with E-state index in [0.29, 0.717) is 6.04 Å². The van der Waals surface area contributed by atoms with Gasteiger partial charge in [0.25, 0.3) is 0 Å². The fourth-order valence-corrected chi connectivity index (χ4v) is 3.74. The highest BCUT2D eigenvalue weighted by Gasteiger charge is 2.31. The van der Waals surface area contributed by atoms with E-state index in [1.807, 2.05) is 18.3 Å². The van der Waals surface area contributed by atoms with Crippen molar-refractivity contribution in [1.82, 2.24) is 9.88 Å². The Morgan fingerprint density at radius 2 is 2.26 bits per heavy atom. The summed E-state index contributed by atoms with van der Waals surface area (Å²) >= 11 is 3.41. The number of rotatable bonds is 1. The molecule has 2 saturated heterocycles. The van der Waals surface area contributed by atoms with Gasteiger partial charge in [-0.3, -0.25) is 4.90 Å². The average Bonchev–Trinajstić information content (AvgIpc) is 3.01. The summed E-state index contributed by atoms with van der Waals surface area (Å²) in [6, 6.07) is 4.70. The van der Waals surface area contributed by atoms with Gasteiger partial charge in [0.1, 0.15) is 0 Å². The van der Waals surface area contributed by atoms with Crippen LogP contribution in [0.3, 0.4) is 0 Å². The smallest absolute Gasteiger partial charge is 0.178 e. The lowest BCUT2D eigenvalue weighted by molar-refractivity contribution is 0.230. The average molecular weight is 322 g/mol. The van der Waals surface area contributed by atoms with Crippen LogP contribution in [-0.4, -0.2) is 42.1 Å². The summed E-state index contributed by atoms with van der Waals surface area (Å²) in [5.41, 5.74) is 0.904. The number of hydrogen-bond acceptors (Lipinski definition) is 4. The van der Waals surface area contributed by atoms with E-state index in [1.165, 1.54) is 19.4 Å². The number of hydrogen-bond donors (Lipinski definition) is 0. The highest BCUT2D eigenvalue weighted by Crippen LogP contribution is 2.32. The van der Waals surface area contributed by atoms with Gasteiger partial charge < -0.3 is 9.32 Å². The Morgan fingerprint density at radius 3 is 3.21 bits per heavy atom. The molecular weight excluding hydrogens is 306 g/mol. The molecule has 0 N–H and O–H groups in total. The molecule has 0 spiro atoms. The molecule has 2 fully saturated rings. The van der Waals surface area contributed by atoms with Gasteiger partial charge in [0.15, 0.2) is 16.1 Å². The van der Waals surface area contributed by atoms with Crippen molar-refractivity contribution in [2.75, 3.05) is 31.1 Å². The first kappa shape index (κ1) is 11.7. The number of anilines is 1. The van der Waals surface area contributed by atoms with E-state index in [-0.39, 0.29) is 0 Å². The van der Waals surface area contributed by atoms with Crippen LogP contribution in [0.1, 0.15) is 12.8 Å². The SMILES string of the molecule is Brc1cc2ccnc(N3CCN4CCCC4C3)c2o1. The largest absolute Gasteiger partial charge is 0.445 e. The second-order valence-electron chi connectivity index (χ2n) is 5.38. The highest BCUT2D eigenvalue weighted by atomic mass is 79.9. The second kappa shape index (κ2) is 4.49. The Hall–Kier alpha value is -1.07. The highest BCUT2D eigenvalue weighted by molar-refractivity contribution is 9.10. The molecule has 4 heterocycles. The first-order valence-electron chi connectivity index (χ1n) is 6.84. The van der Waals surface area contributed by atoms with Crippen LogP contribution >= 0.6 is 15.9 Å². The third-order valence-electron chi connectivity index (χ3n) is 4.27. The molecule has 4 nitrogen and oxygen atoms in total. The normalized spacial score (nSPS) is 24.1. The summed E-state index contributed by atoms with van der Waals surface area (Å²) < 4.78 is 6.54. The van der Waals surface area contributed by atoms with E-state index in [4.69, 9.17) is 4.42 Å². The van der Waals surface area contributed by atoms with Gasteiger partial charge in [0, 0.05) is 37.3 Å². The maximum atomic E-state index is 5.76. The minimum Gasteiger partial charge on any atom is -0.445 e. The first-order valence-corrected chi connectivity index (χ1v) is 7.63. The lowest BCUT2D eigenvalue weighted by Gasteiger charge is -2.38. The summed E-state index contributed by atoms with van der Waals surface area (Å²) in [5.74, 6) is 0.995. The van der Waals surface area contributed by atoms with Crippen LogP contribution in [-0.2, 0) is 0 Å². The van der Waals surface area contributed by atoms with E-state index in [2.05, 4.69) is 30.7 Å². The van der Waals surface area contributed by atoms with Crippen molar-refractivity contribution in [3.05, 3.63) is 23.0 Å². The molecule has 0 saturated carbocycles. The molecule has 2 aliphatic heterocycles. The number of halogens is 1. The van der Waals surface area contributed by atoms with E-state index >= 15 is 0 Å². The molecule has 0 aliphatic carbocycles. The molecule has 5 heteroatoms. The molecule has 0 amide bonds. The molecule has 19 heavy (non-hydrogen) atoms. The molecule has 0 aromatic carbocycles. The summed E-state index contributed by atoms with van der Waals surface area (Å²) in [6.45, 7) is 4.53. The van der Waals surface area contributed by atoms with Crippen molar-refractivity contribution >= 4 is 32.7 Å². The minimum atomic E-state index is 0.698. The number of aromatic nitrogens is 1. The molecule has 1 unspecified atom stereocenters. The Labute approximate surface area is 120 Å². The lowest BCUT2D eigenvalue weighted by Crippen LogP contribution is -2.50. The topological polar surface area (TPSA) is 32.5 Å². The fraction of sp³-hybridized carbons (Fsp3) is 0.500. The zero-order valence-electron chi connectivity index (χ0n) is 10.7. The third kappa shape index (κ3) is 1.96. The molecular formula is C14H16BrN3O. The number of pyridine rings is 1.